The van der Waals surface area contributed by atoms with Gasteiger partial charge in [-0.1, -0.05) is 29.8 Å². The van der Waals surface area contributed by atoms with E-state index >= 15 is 0 Å². The standard InChI is InChI=1S/C18H15ClIN3O2/c1-11-16(21-17(24)14-9-8-12(19)10-15(14)20)18(25)23(22(11)2)13-6-4-3-5-7-13/h3-10H,1-2H3,(H,21,24). The molecule has 1 amide bonds. The van der Waals surface area contributed by atoms with Gasteiger partial charge < -0.3 is 5.32 Å². The average molecular weight is 468 g/mol. The van der Waals surface area contributed by atoms with Crippen LogP contribution < -0.4 is 10.9 Å². The summed E-state index contributed by atoms with van der Waals surface area (Å²) in [7, 11) is 1.78. The number of amides is 1. The highest BCUT2D eigenvalue weighted by Crippen LogP contribution is 2.20. The summed E-state index contributed by atoms with van der Waals surface area (Å²) in [6, 6.07) is 14.3. The molecule has 0 fully saturated rings. The van der Waals surface area contributed by atoms with Gasteiger partial charge in [-0.3, -0.25) is 14.3 Å². The Morgan fingerprint density at radius 1 is 1.16 bits per heavy atom. The highest BCUT2D eigenvalue weighted by Gasteiger charge is 2.19. The van der Waals surface area contributed by atoms with Crippen molar-refractivity contribution in [3.63, 3.8) is 0 Å². The molecular weight excluding hydrogens is 453 g/mol. The Labute approximate surface area is 163 Å². The Bertz CT molecular complexity index is 1010. The number of carbonyl (C=O) groups excluding carboxylic acids is 1. The van der Waals surface area contributed by atoms with Gasteiger partial charge in [0.1, 0.15) is 5.69 Å². The molecule has 1 aromatic heterocycles. The molecule has 2 aromatic carbocycles. The Morgan fingerprint density at radius 3 is 2.48 bits per heavy atom. The van der Waals surface area contributed by atoms with Crippen molar-refractivity contribution < 1.29 is 4.79 Å². The van der Waals surface area contributed by atoms with E-state index in [1.165, 1.54) is 4.68 Å². The van der Waals surface area contributed by atoms with Crippen LogP contribution >= 0.6 is 34.2 Å². The Morgan fingerprint density at radius 2 is 1.84 bits per heavy atom. The van der Waals surface area contributed by atoms with Crippen molar-refractivity contribution in [3.05, 3.63) is 78.7 Å². The van der Waals surface area contributed by atoms with Crippen molar-refractivity contribution in [1.29, 1.82) is 0 Å². The minimum atomic E-state index is -0.341. The molecule has 0 radical (unpaired) electrons. The van der Waals surface area contributed by atoms with Crippen molar-refractivity contribution in [2.75, 3.05) is 5.32 Å². The van der Waals surface area contributed by atoms with Crippen LogP contribution in [0, 0.1) is 10.5 Å². The van der Waals surface area contributed by atoms with Crippen LogP contribution in [0.5, 0.6) is 0 Å². The summed E-state index contributed by atoms with van der Waals surface area (Å²) in [6.45, 7) is 1.79. The number of benzene rings is 2. The number of hydrogen-bond acceptors (Lipinski definition) is 2. The molecule has 0 aliphatic heterocycles. The minimum Gasteiger partial charge on any atom is -0.316 e. The van der Waals surface area contributed by atoms with E-state index in [0.29, 0.717) is 16.3 Å². The summed E-state index contributed by atoms with van der Waals surface area (Å²) in [6.07, 6.45) is 0. The van der Waals surface area contributed by atoms with Crippen LogP contribution in [0.2, 0.25) is 5.02 Å². The monoisotopic (exact) mass is 467 g/mol. The van der Waals surface area contributed by atoms with Crippen molar-refractivity contribution in [3.8, 4) is 5.69 Å². The van der Waals surface area contributed by atoms with Crippen molar-refractivity contribution in [2.24, 2.45) is 7.05 Å². The van der Waals surface area contributed by atoms with E-state index in [2.05, 4.69) is 5.32 Å². The zero-order valence-corrected chi connectivity index (χ0v) is 16.5. The topological polar surface area (TPSA) is 56.0 Å². The minimum absolute atomic E-state index is 0.266. The second kappa shape index (κ2) is 7.05. The molecule has 3 aromatic rings. The molecule has 7 heteroatoms. The first-order chi connectivity index (χ1) is 11.9. The number of halogens is 2. The number of hydrogen-bond donors (Lipinski definition) is 1. The van der Waals surface area contributed by atoms with Crippen molar-refractivity contribution >= 4 is 45.8 Å². The summed E-state index contributed by atoms with van der Waals surface area (Å²) < 4.78 is 3.97. The first-order valence-corrected chi connectivity index (χ1v) is 8.96. The Hall–Kier alpha value is -2.06. The highest BCUT2D eigenvalue weighted by molar-refractivity contribution is 14.1. The maximum absolute atomic E-state index is 12.8. The van der Waals surface area contributed by atoms with Crippen LogP contribution in [-0.4, -0.2) is 15.3 Å². The third kappa shape index (κ3) is 3.36. The third-order valence-corrected chi connectivity index (χ3v) is 5.10. The first-order valence-electron chi connectivity index (χ1n) is 7.50. The molecular formula is C18H15ClIN3O2. The maximum atomic E-state index is 12.8. The van der Waals surface area contributed by atoms with Crippen LogP contribution in [0.15, 0.2) is 53.3 Å². The molecule has 0 aliphatic carbocycles. The molecule has 1 N–H and O–H groups in total. The lowest BCUT2D eigenvalue weighted by atomic mass is 10.2. The fraction of sp³-hybridized carbons (Fsp3) is 0.111. The van der Waals surface area contributed by atoms with Crippen LogP contribution in [0.25, 0.3) is 5.69 Å². The van der Waals surface area contributed by atoms with Crippen molar-refractivity contribution in [2.45, 2.75) is 6.92 Å². The molecule has 25 heavy (non-hydrogen) atoms. The lowest BCUT2D eigenvalue weighted by molar-refractivity contribution is 0.102. The van der Waals surface area contributed by atoms with Crippen LogP contribution in [0.4, 0.5) is 5.69 Å². The highest BCUT2D eigenvalue weighted by atomic mass is 127. The number of aromatic nitrogens is 2. The number of nitrogens with zero attached hydrogens (tertiary/aromatic N) is 2. The summed E-state index contributed by atoms with van der Waals surface area (Å²) >= 11 is 7.98. The van der Waals surface area contributed by atoms with Crippen LogP contribution in [-0.2, 0) is 7.05 Å². The number of anilines is 1. The second-order valence-corrected chi connectivity index (χ2v) is 7.11. The number of carbonyl (C=O) groups is 1. The van der Waals surface area contributed by atoms with E-state index in [9.17, 15) is 9.59 Å². The number of para-hydroxylation sites is 1. The zero-order chi connectivity index (χ0) is 18.1. The van der Waals surface area contributed by atoms with Gasteiger partial charge >= 0.3 is 0 Å². The Balaban J connectivity index is 2.02. The molecule has 0 saturated heterocycles. The van der Waals surface area contributed by atoms with Crippen molar-refractivity contribution in [1.82, 2.24) is 9.36 Å². The lowest BCUT2D eigenvalue weighted by Crippen LogP contribution is -2.23. The van der Waals surface area contributed by atoms with Gasteiger partial charge in [0.25, 0.3) is 11.5 Å². The first kappa shape index (κ1) is 17.8. The van der Waals surface area contributed by atoms with E-state index in [4.69, 9.17) is 11.6 Å². The fourth-order valence-corrected chi connectivity index (χ4v) is 3.68. The molecule has 3 rings (SSSR count). The summed E-state index contributed by atoms with van der Waals surface area (Å²) in [5.41, 5.74) is 1.87. The molecule has 5 nitrogen and oxygen atoms in total. The van der Waals surface area contributed by atoms with Gasteiger partial charge in [0.2, 0.25) is 0 Å². The molecule has 0 unspecified atom stereocenters. The van der Waals surface area contributed by atoms with Gasteiger partial charge in [0.05, 0.1) is 16.9 Å². The normalized spacial score (nSPS) is 10.7. The lowest BCUT2D eigenvalue weighted by Gasteiger charge is -2.07. The quantitative estimate of drug-likeness (QED) is 0.592. The van der Waals surface area contributed by atoms with Gasteiger partial charge in [0, 0.05) is 15.6 Å². The van der Waals surface area contributed by atoms with E-state index in [0.717, 1.165) is 9.26 Å². The molecule has 128 valence electrons. The zero-order valence-electron chi connectivity index (χ0n) is 13.6. The summed E-state index contributed by atoms with van der Waals surface area (Å²) in [5, 5.41) is 3.30. The largest absolute Gasteiger partial charge is 0.316 e. The van der Waals surface area contributed by atoms with E-state index < -0.39 is 0 Å². The second-order valence-electron chi connectivity index (χ2n) is 5.51. The molecule has 0 saturated carbocycles. The number of nitrogens with one attached hydrogen (secondary N) is 1. The fourth-order valence-electron chi connectivity index (χ4n) is 2.57. The molecule has 0 bridgehead atoms. The van der Waals surface area contributed by atoms with Crippen LogP contribution in [0.3, 0.4) is 0 Å². The van der Waals surface area contributed by atoms with E-state index in [1.807, 2.05) is 52.9 Å². The molecule has 0 atom stereocenters. The number of rotatable bonds is 3. The average Bonchev–Trinajstić information content (AvgIpc) is 2.79. The predicted octanol–water partition coefficient (Wildman–Crippen LogP) is 3.99. The van der Waals surface area contributed by atoms with Gasteiger partial charge in [-0.25, -0.2) is 4.68 Å². The maximum Gasteiger partial charge on any atom is 0.295 e. The SMILES string of the molecule is Cc1c(NC(=O)c2ccc(Cl)cc2I)c(=O)n(-c2ccccc2)n1C. The van der Waals surface area contributed by atoms with Gasteiger partial charge in [-0.05, 0) is 59.8 Å². The summed E-state index contributed by atoms with van der Waals surface area (Å²) in [4.78, 5) is 25.4. The smallest absolute Gasteiger partial charge is 0.295 e. The molecule has 1 heterocycles. The third-order valence-electron chi connectivity index (χ3n) is 3.97. The van der Waals surface area contributed by atoms with Crippen LogP contribution in [0.1, 0.15) is 16.1 Å². The van der Waals surface area contributed by atoms with Gasteiger partial charge in [-0.2, -0.15) is 0 Å². The Kier molecular flexibility index (Phi) is 5.01. The van der Waals surface area contributed by atoms with E-state index in [1.54, 1.807) is 36.9 Å². The molecule has 0 aliphatic rings. The summed E-state index contributed by atoms with van der Waals surface area (Å²) in [5.74, 6) is -0.341. The predicted molar refractivity (Wildman–Crippen MR) is 108 cm³/mol. The molecule has 0 spiro atoms. The van der Waals surface area contributed by atoms with Gasteiger partial charge in [0.15, 0.2) is 0 Å². The van der Waals surface area contributed by atoms with E-state index in [-0.39, 0.29) is 17.2 Å². The van der Waals surface area contributed by atoms with Gasteiger partial charge in [-0.15, -0.1) is 0 Å².